The van der Waals surface area contributed by atoms with Gasteiger partial charge < -0.3 is 90.4 Å². The first kappa shape index (κ1) is 87.6. The highest BCUT2D eigenvalue weighted by Crippen LogP contribution is 2.42. The second-order valence-corrected chi connectivity index (χ2v) is 30.6. The van der Waals surface area contributed by atoms with Crippen LogP contribution >= 0.6 is 0 Å². The predicted octanol–water partition coefficient (Wildman–Crippen LogP) is 15.3. The van der Waals surface area contributed by atoms with Crippen LogP contribution in [0.15, 0.2) is 334 Å². The molecule has 11 aromatic carbocycles. The summed E-state index contributed by atoms with van der Waals surface area (Å²) in [6, 6.07) is 99.5. The Hall–Kier alpha value is -11.3. The first-order valence-electron chi connectivity index (χ1n) is 41.7. The smallest absolute Gasteiger partial charge is 0.338 e. The van der Waals surface area contributed by atoms with Crippen LogP contribution in [0, 0.1) is 0 Å². The lowest BCUT2D eigenvalue weighted by molar-refractivity contribution is -0.407. The number of carbonyl (C=O) groups is 4. The van der Waals surface area contributed by atoms with Gasteiger partial charge >= 0.3 is 23.9 Å². The van der Waals surface area contributed by atoms with Gasteiger partial charge in [0.05, 0.1) is 87.3 Å². The standard InChI is InChI=1S/C101H100O23/c1-67-82(108-59-70-38-16-4-17-39-70)86(110-61-72-42-20-6-21-43-72)91(112-63-74-46-24-8-25-47-74)99(116-67)122-83-68(2)115-98(106)90(124-100-92(113-64-75-48-26-9-27-49-75)87(111-62-73-44-22-7-23-45-73)84(109-60-71-40-18-5-19-41-71)80(117-100)65-107-58-69-36-14-3-15-37-69)88(83)123-101-93(121-97(105)79-56-34-13-35-57-79)89(120-96(104)78-54-32-12-33-55-78)85(119-95(103)77-52-30-11-31-53-77)81(118-101)66-114-94(102)76-50-28-10-29-51-76/h3-57,67-68,80-93,98-101,106H,58-66H2,1-2H3/t67-,68+,80+,81-,82+,83+,84-,85?,86-,87+,88-,89+,90+,91+,92-,93+,98+,99-,100+,101+/m1/s1. The van der Waals surface area contributed by atoms with E-state index in [1.165, 1.54) is 36.4 Å². The molecule has 642 valence electrons. The first-order chi connectivity index (χ1) is 60.9. The van der Waals surface area contributed by atoms with Crippen molar-refractivity contribution in [1.29, 1.82) is 0 Å². The van der Waals surface area contributed by atoms with E-state index in [1.807, 2.05) is 219 Å². The fourth-order valence-corrected chi connectivity index (χ4v) is 15.4. The molecule has 20 atom stereocenters. The molecule has 124 heavy (non-hydrogen) atoms. The SMILES string of the molecule is C[C@@H]1O[C@H](O)[C@@H](O[C@@H]2O[C@@H](COCc3ccccc3)[C@@H](OCc3ccccc3)[C@H](OCc3ccccc3)[C@H]2OCc2ccccc2)[C@H](O[C@@H]2O[C@H](COC(=O)c3ccccc3)C(OC(=O)c3ccccc3)[C@H](OC(=O)c3ccccc3)[C@@H]2OC(=O)c2ccccc2)[C@H]1O[C@H]1O[C@H](C)[C@H](OCc2ccccc2)[C@@H](OCc2ccccc2)[C@@H]1OCc1ccccc1. The van der Waals surface area contributed by atoms with Gasteiger partial charge in [-0.3, -0.25) is 0 Å². The summed E-state index contributed by atoms with van der Waals surface area (Å²) in [4.78, 5) is 60.1. The Morgan fingerprint density at radius 2 is 0.524 bits per heavy atom. The van der Waals surface area contributed by atoms with Crippen LogP contribution < -0.4 is 0 Å². The lowest BCUT2D eigenvalue weighted by Gasteiger charge is -2.52. The van der Waals surface area contributed by atoms with E-state index in [0.717, 1.165) is 38.9 Å². The highest BCUT2D eigenvalue weighted by molar-refractivity contribution is 5.91. The van der Waals surface area contributed by atoms with Crippen molar-refractivity contribution in [2.24, 2.45) is 0 Å². The number of rotatable bonds is 37. The largest absolute Gasteiger partial charge is 0.459 e. The molecule has 1 N–H and O–H groups in total. The zero-order valence-electron chi connectivity index (χ0n) is 68.6. The Morgan fingerprint density at radius 3 is 0.919 bits per heavy atom. The van der Waals surface area contributed by atoms with Crippen molar-refractivity contribution in [2.45, 2.75) is 183 Å². The molecule has 11 aromatic rings. The maximum absolute atomic E-state index is 15.4. The average Bonchev–Trinajstić information content (AvgIpc) is 0.755. The molecule has 0 amide bonds. The van der Waals surface area contributed by atoms with Gasteiger partial charge in [-0.05, 0) is 101 Å². The Kier molecular flexibility index (Phi) is 31.3. The summed E-state index contributed by atoms with van der Waals surface area (Å²) in [5, 5.41) is 13.5. The first-order valence-corrected chi connectivity index (χ1v) is 41.7. The number of hydrogen-bond acceptors (Lipinski definition) is 23. The van der Waals surface area contributed by atoms with E-state index in [2.05, 4.69) is 0 Å². The van der Waals surface area contributed by atoms with Crippen molar-refractivity contribution in [1.82, 2.24) is 0 Å². The number of benzene rings is 11. The van der Waals surface area contributed by atoms with E-state index >= 15 is 9.59 Å². The van der Waals surface area contributed by atoms with E-state index in [0.29, 0.717) is 0 Å². The van der Waals surface area contributed by atoms with Crippen molar-refractivity contribution < 1.29 is 110 Å². The highest BCUT2D eigenvalue weighted by atomic mass is 16.8. The van der Waals surface area contributed by atoms with E-state index < -0.39 is 153 Å². The maximum atomic E-state index is 15.4. The van der Waals surface area contributed by atoms with Crippen molar-refractivity contribution in [3.8, 4) is 0 Å². The van der Waals surface area contributed by atoms with Gasteiger partial charge in [0.2, 0.25) is 0 Å². The molecule has 4 heterocycles. The summed E-state index contributed by atoms with van der Waals surface area (Å²) in [7, 11) is 0. The minimum atomic E-state index is -2.07. The third-order valence-electron chi connectivity index (χ3n) is 21.8. The van der Waals surface area contributed by atoms with Crippen molar-refractivity contribution in [2.75, 3.05) is 13.2 Å². The molecular formula is C101H100O23. The Labute approximate surface area is 720 Å². The fourth-order valence-electron chi connectivity index (χ4n) is 15.4. The molecule has 1 unspecified atom stereocenters. The van der Waals surface area contributed by atoms with Crippen molar-refractivity contribution >= 4 is 23.9 Å². The predicted molar refractivity (Wildman–Crippen MR) is 453 cm³/mol. The number of ether oxygens (including phenoxy) is 18. The molecule has 0 aromatic heterocycles. The molecule has 4 fully saturated rings. The fraction of sp³-hybridized carbons (Fsp3) is 0.307. The summed E-state index contributed by atoms with van der Waals surface area (Å²) in [6.07, 6.45) is -29.5. The van der Waals surface area contributed by atoms with Gasteiger partial charge in [-0.2, -0.15) is 0 Å². The number of hydrogen-bond donors (Lipinski definition) is 1. The second kappa shape index (κ2) is 44.3. The molecule has 0 bridgehead atoms. The molecule has 0 aliphatic carbocycles. The van der Waals surface area contributed by atoms with Gasteiger partial charge in [-0.15, -0.1) is 0 Å². The summed E-state index contributed by atoms with van der Waals surface area (Å²) in [6.45, 7) is 3.09. The van der Waals surface area contributed by atoms with Crippen LogP contribution in [-0.4, -0.2) is 165 Å². The maximum Gasteiger partial charge on any atom is 0.338 e. The number of aliphatic hydroxyl groups excluding tert-OH is 1. The molecule has 23 nitrogen and oxygen atoms in total. The number of aliphatic hydroxyl groups is 1. The second-order valence-electron chi connectivity index (χ2n) is 30.6. The van der Waals surface area contributed by atoms with E-state index in [9.17, 15) is 14.7 Å². The third kappa shape index (κ3) is 23.6. The lowest BCUT2D eigenvalue weighted by Crippen LogP contribution is -2.69. The molecule has 0 saturated carbocycles. The van der Waals surface area contributed by atoms with Gasteiger partial charge in [-0.1, -0.05) is 285 Å². The zero-order chi connectivity index (χ0) is 85.2. The molecule has 23 heteroatoms. The highest BCUT2D eigenvalue weighted by Gasteiger charge is 2.60. The molecule has 4 aliphatic rings. The topological polar surface area (TPSA) is 255 Å². The van der Waals surface area contributed by atoms with Gasteiger partial charge in [0.25, 0.3) is 0 Å². The van der Waals surface area contributed by atoms with Gasteiger partial charge in [0, 0.05) is 0 Å². The quantitative estimate of drug-likeness (QED) is 0.0280. The summed E-state index contributed by atoms with van der Waals surface area (Å²) >= 11 is 0. The minimum Gasteiger partial charge on any atom is -0.459 e. The van der Waals surface area contributed by atoms with E-state index in [-0.39, 0.29) is 75.1 Å². The summed E-state index contributed by atoms with van der Waals surface area (Å²) < 4.78 is 127. The monoisotopic (exact) mass is 1680 g/mol. The van der Waals surface area contributed by atoms with Crippen LogP contribution in [0.3, 0.4) is 0 Å². The van der Waals surface area contributed by atoms with Crippen molar-refractivity contribution in [3.05, 3.63) is 395 Å². The third-order valence-corrected chi connectivity index (χ3v) is 21.8. The molecule has 4 saturated heterocycles. The minimum absolute atomic E-state index is 0.00368. The van der Waals surface area contributed by atoms with Crippen LogP contribution in [0.4, 0.5) is 0 Å². The van der Waals surface area contributed by atoms with Crippen LogP contribution in [0.25, 0.3) is 0 Å². The van der Waals surface area contributed by atoms with Crippen LogP contribution in [0.1, 0.15) is 94.2 Å². The van der Waals surface area contributed by atoms with Gasteiger partial charge in [0.1, 0.15) is 73.8 Å². The van der Waals surface area contributed by atoms with Crippen molar-refractivity contribution in [3.63, 3.8) is 0 Å². The lowest BCUT2D eigenvalue weighted by atomic mass is 9.94. The molecule has 15 rings (SSSR count). The number of carbonyl (C=O) groups excluding carboxylic acids is 4. The van der Waals surface area contributed by atoms with Gasteiger partial charge in [0.15, 0.2) is 43.5 Å². The molecule has 4 aliphatic heterocycles. The normalized spacial score (nSPS) is 26.2. The Morgan fingerprint density at radius 1 is 0.250 bits per heavy atom. The van der Waals surface area contributed by atoms with E-state index in [4.69, 9.17) is 85.3 Å². The summed E-state index contributed by atoms with van der Waals surface area (Å²) in [5.74, 6) is -3.72. The number of esters is 4. The van der Waals surface area contributed by atoms with Crippen LogP contribution in [0.2, 0.25) is 0 Å². The molecular weight excluding hydrogens is 1580 g/mol. The molecule has 0 radical (unpaired) electrons. The van der Waals surface area contributed by atoms with Crippen LogP contribution in [-0.2, 0) is 132 Å². The Bertz CT molecular complexity index is 5030. The zero-order valence-corrected chi connectivity index (χ0v) is 68.6. The van der Waals surface area contributed by atoms with Gasteiger partial charge in [-0.25, -0.2) is 19.2 Å². The average molecular weight is 1680 g/mol. The Balaban J connectivity index is 0.895. The van der Waals surface area contributed by atoms with Crippen LogP contribution in [0.5, 0.6) is 0 Å². The molecule has 0 spiro atoms. The van der Waals surface area contributed by atoms with E-state index in [1.54, 1.807) is 91.9 Å². The summed E-state index contributed by atoms with van der Waals surface area (Å²) in [5.41, 5.74) is 6.07.